The van der Waals surface area contributed by atoms with E-state index in [1.165, 1.54) is 0 Å². The zero-order valence-corrected chi connectivity index (χ0v) is 7.14. The number of nitrogens with zero attached hydrogens (tertiary/aromatic N) is 2. The summed E-state index contributed by atoms with van der Waals surface area (Å²) < 4.78 is 1.84. The monoisotopic (exact) mass is 142 g/mol. The van der Waals surface area contributed by atoms with Crippen LogP contribution in [0.1, 0.15) is 0 Å². The second-order valence-corrected chi connectivity index (χ2v) is 4.13. The van der Waals surface area contributed by atoms with E-state index in [2.05, 4.69) is 28.2 Å². The minimum absolute atomic E-state index is 0.920. The molecular weight excluding hydrogens is 124 g/mol. The summed E-state index contributed by atoms with van der Waals surface area (Å²) in [7, 11) is 12.5. The largest absolute Gasteiger partial charge is 0.450 e. The minimum Gasteiger partial charge on any atom is -0.450 e. The molecule has 0 saturated carbocycles. The summed E-state index contributed by atoms with van der Waals surface area (Å²) in [4.78, 5) is 0. The Hall–Kier alpha value is -0.0800. The first-order chi connectivity index (χ1) is 4.41. The van der Waals surface area contributed by atoms with Crippen LogP contribution in [-0.4, -0.2) is 49.2 Å². The molecule has 0 amide bonds. The number of quaternary nitrogens is 2. The zero-order valence-electron chi connectivity index (χ0n) is 7.14. The van der Waals surface area contributed by atoms with Gasteiger partial charge in [0.25, 0.3) is 0 Å². The molecule has 2 heteroatoms. The third-order valence-electron chi connectivity index (χ3n) is 2.36. The first-order valence-corrected chi connectivity index (χ1v) is 3.79. The maximum atomic E-state index is 4.09. The van der Waals surface area contributed by atoms with Gasteiger partial charge in [-0.3, -0.25) is 0 Å². The van der Waals surface area contributed by atoms with E-state index in [0.717, 1.165) is 35.1 Å². The number of piperazine rings is 1. The predicted octanol–water partition coefficient (Wildman–Crippen LogP) is 0.476. The van der Waals surface area contributed by atoms with Crippen LogP contribution in [0.15, 0.2) is 0 Å². The average molecular weight is 142 g/mol. The first-order valence-electron chi connectivity index (χ1n) is 3.79. The summed E-state index contributed by atoms with van der Waals surface area (Å²) >= 11 is 0. The van der Waals surface area contributed by atoms with Gasteiger partial charge in [0.2, 0.25) is 0 Å². The van der Waals surface area contributed by atoms with Crippen LogP contribution in [0.3, 0.4) is 0 Å². The predicted molar refractivity (Wildman–Crippen MR) is 42.6 cm³/mol. The van der Waals surface area contributed by atoms with Gasteiger partial charge in [0.15, 0.2) is 0 Å². The number of likely N-dealkylation sites (N-methyl/N-ethyl adjacent to an activating group) is 2. The molecule has 0 aromatic carbocycles. The lowest BCUT2D eigenvalue weighted by Gasteiger charge is -2.51. The van der Waals surface area contributed by atoms with Crippen molar-refractivity contribution in [3.63, 3.8) is 0 Å². The Balaban J connectivity index is 2.46. The second-order valence-electron chi connectivity index (χ2n) is 4.13. The summed E-state index contributed by atoms with van der Waals surface area (Å²) in [6.45, 7) is 4.61. The molecule has 2 nitrogen and oxygen atoms in total. The van der Waals surface area contributed by atoms with Crippen molar-refractivity contribution in [1.29, 1.82) is 0 Å². The molecule has 1 aliphatic rings. The van der Waals surface area contributed by atoms with Crippen LogP contribution < -0.4 is 0 Å². The first kappa shape index (κ1) is 8.02. The van der Waals surface area contributed by atoms with E-state index in [1.807, 2.05) is 0 Å². The van der Waals surface area contributed by atoms with Crippen LogP contribution in [0.5, 0.6) is 0 Å². The summed E-state index contributed by atoms with van der Waals surface area (Å²) in [5.41, 5.74) is 0. The van der Waals surface area contributed by atoms with Crippen molar-refractivity contribution in [3.05, 3.63) is 14.1 Å². The van der Waals surface area contributed by atoms with Gasteiger partial charge in [0.1, 0.15) is 26.2 Å². The highest BCUT2D eigenvalue weighted by molar-refractivity contribution is 4.47. The molecule has 0 bridgehead atoms. The Morgan fingerprint density at radius 2 is 1.00 bits per heavy atom. The number of hydrogen-bond donors (Lipinski definition) is 0. The Kier molecular flexibility index (Phi) is 1.77. The highest BCUT2D eigenvalue weighted by Crippen LogP contribution is 2.12. The van der Waals surface area contributed by atoms with E-state index in [1.54, 1.807) is 0 Å². The molecule has 0 spiro atoms. The molecule has 0 aromatic rings. The van der Waals surface area contributed by atoms with Gasteiger partial charge in [-0.2, -0.15) is 0 Å². The van der Waals surface area contributed by atoms with Crippen LogP contribution in [0.4, 0.5) is 0 Å². The molecule has 0 unspecified atom stereocenters. The molecule has 1 rings (SSSR count). The fourth-order valence-electron chi connectivity index (χ4n) is 1.19. The molecule has 0 atom stereocenters. The van der Waals surface area contributed by atoms with Gasteiger partial charge < -0.3 is 8.97 Å². The molecular formula is C8H18N2. The van der Waals surface area contributed by atoms with Gasteiger partial charge in [-0.25, -0.2) is 0 Å². The van der Waals surface area contributed by atoms with E-state index in [0.29, 0.717) is 0 Å². The van der Waals surface area contributed by atoms with Crippen molar-refractivity contribution in [2.45, 2.75) is 0 Å². The van der Waals surface area contributed by atoms with Crippen molar-refractivity contribution in [3.8, 4) is 0 Å². The SMILES string of the molecule is [CH2-][N+]1(C)CC[N+]([CH2-])(C)CC1. The Bertz CT molecular complexity index is 99.2. The van der Waals surface area contributed by atoms with Gasteiger partial charge in [-0.15, -0.1) is 14.1 Å². The second kappa shape index (κ2) is 2.21. The van der Waals surface area contributed by atoms with Gasteiger partial charge in [-0.1, -0.05) is 0 Å². The van der Waals surface area contributed by atoms with Gasteiger partial charge in [-0.05, 0) is 0 Å². The van der Waals surface area contributed by atoms with Gasteiger partial charge in [0.05, 0.1) is 0 Å². The molecule has 1 heterocycles. The third-order valence-corrected chi connectivity index (χ3v) is 2.36. The van der Waals surface area contributed by atoms with Crippen molar-refractivity contribution < 1.29 is 8.97 Å². The lowest BCUT2D eigenvalue weighted by atomic mass is 10.2. The highest BCUT2D eigenvalue weighted by Gasteiger charge is 2.23. The smallest absolute Gasteiger partial charge is 0.102 e. The summed E-state index contributed by atoms with van der Waals surface area (Å²) in [6.07, 6.45) is 0. The normalized spacial score (nSPS) is 49.2. The molecule has 0 radical (unpaired) electrons. The van der Waals surface area contributed by atoms with Crippen molar-refractivity contribution >= 4 is 0 Å². The lowest BCUT2D eigenvalue weighted by Crippen LogP contribution is -2.58. The Morgan fingerprint density at radius 3 is 1.20 bits per heavy atom. The van der Waals surface area contributed by atoms with Crippen molar-refractivity contribution in [2.24, 2.45) is 0 Å². The Labute approximate surface area is 64.2 Å². The summed E-state index contributed by atoms with van der Waals surface area (Å²) in [5, 5.41) is 0. The van der Waals surface area contributed by atoms with E-state index in [4.69, 9.17) is 0 Å². The molecule has 1 fully saturated rings. The standard InChI is InChI=1S/C8H18N2/c1-9(2)5-7-10(3,4)8-6-9/h1,3,5-8H2,2,4H3. The maximum absolute atomic E-state index is 4.09. The minimum atomic E-state index is 0.920. The van der Waals surface area contributed by atoms with Crippen molar-refractivity contribution in [2.75, 3.05) is 40.3 Å². The summed E-state index contributed by atoms with van der Waals surface area (Å²) in [5.74, 6) is 0. The number of rotatable bonds is 0. The molecule has 60 valence electrons. The third kappa shape index (κ3) is 1.96. The van der Waals surface area contributed by atoms with Crippen LogP contribution in [-0.2, 0) is 0 Å². The van der Waals surface area contributed by atoms with E-state index < -0.39 is 0 Å². The van der Waals surface area contributed by atoms with E-state index in [9.17, 15) is 0 Å². The molecule has 0 aromatic heterocycles. The van der Waals surface area contributed by atoms with Crippen molar-refractivity contribution in [1.82, 2.24) is 0 Å². The molecule has 0 N–H and O–H groups in total. The van der Waals surface area contributed by atoms with E-state index >= 15 is 0 Å². The average Bonchev–Trinajstić information content (AvgIpc) is 1.79. The van der Waals surface area contributed by atoms with Gasteiger partial charge in [0, 0.05) is 14.1 Å². The van der Waals surface area contributed by atoms with E-state index in [-0.39, 0.29) is 0 Å². The van der Waals surface area contributed by atoms with Crippen LogP contribution in [0, 0.1) is 14.1 Å². The van der Waals surface area contributed by atoms with Gasteiger partial charge >= 0.3 is 0 Å². The lowest BCUT2D eigenvalue weighted by molar-refractivity contribution is -0.976. The fourth-order valence-corrected chi connectivity index (χ4v) is 1.19. The Morgan fingerprint density at radius 1 is 0.800 bits per heavy atom. The molecule has 1 aliphatic heterocycles. The van der Waals surface area contributed by atoms with Crippen LogP contribution in [0.2, 0.25) is 0 Å². The quantitative estimate of drug-likeness (QED) is 0.341. The highest BCUT2D eigenvalue weighted by atomic mass is 15.4. The van der Waals surface area contributed by atoms with Crippen LogP contribution >= 0.6 is 0 Å². The maximum Gasteiger partial charge on any atom is 0.102 e. The fraction of sp³-hybridized carbons (Fsp3) is 0.750. The number of hydrogen-bond acceptors (Lipinski definition) is 0. The molecule has 1 saturated heterocycles. The van der Waals surface area contributed by atoms with Crippen LogP contribution in [0.25, 0.3) is 0 Å². The summed E-state index contributed by atoms with van der Waals surface area (Å²) in [6, 6.07) is 0. The molecule has 10 heavy (non-hydrogen) atoms. The molecule has 0 aliphatic carbocycles. The topological polar surface area (TPSA) is 0 Å². The zero-order chi connectivity index (χ0) is 7.83.